The highest BCUT2D eigenvalue weighted by molar-refractivity contribution is 5.67. The molecule has 4 rings (SSSR count). The number of para-hydroxylation sites is 1. The Morgan fingerprint density at radius 2 is 1.85 bits per heavy atom. The Morgan fingerprint density at radius 3 is 2.55 bits per heavy atom. The first-order valence-corrected chi connectivity index (χ1v) is 14.8. The van der Waals surface area contributed by atoms with E-state index >= 15 is 0 Å². The maximum Gasteiger partial charge on any atom is 0.110 e. The summed E-state index contributed by atoms with van der Waals surface area (Å²) in [6.45, 7) is 20.2. The van der Waals surface area contributed by atoms with Gasteiger partial charge in [-0.05, 0) is 68.9 Å². The molecule has 0 saturated carbocycles. The minimum absolute atomic E-state index is 0.501. The Bertz CT molecular complexity index is 1250. The molecule has 2 N–H and O–H groups in total. The molecule has 1 unspecified atom stereocenters. The predicted octanol–water partition coefficient (Wildman–Crippen LogP) is 6.06. The van der Waals surface area contributed by atoms with Crippen LogP contribution in [0.2, 0.25) is 0 Å². The van der Waals surface area contributed by atoms with Crippen LogP contribution in [-0.2, 0) is 6.42 Å². The Hall–Kier alpha value is -3.62. The van der Waals surface area contributed by atoms with Crippen molar-refractivity contribution in [2.24, 2.45) is 0 Å². The fourth-order valence-corrected chi connectivity index (χ4v) is 6.09. The smallest absolute Gasteiger partial charge is 0.110 e. The van der Waals surface area contributed by atoms with Crippen LogP contribution in [0.3, 0.4) is 0 Å². The average molecular weight is 538 g/mol. The van der Waals surface area contributed by atoms with Crippen molar-refractivity contribution in [2.75, 3.05) is 50.7 Å². The Balaban J connectivity index is 1.42. The van der Waals surface area contributed by atoms with Crippen molar-refractivity contribution >= 4 is 11.4 Å². The lowest BCUT2D eigenvalue weighted by Crippen LogP contribution is -2.47. The van der Waals surface area contributed by atoms with Crippen molar-refractivity contribution in [3.05, 3.63) is 94.8 Å². The first-order valence-electron chi connectivity index (χ1n) is 14.8. The van der Waals surface area contributed by atoms with Crippen LogP contribution >= 0.6 is 0 Å². The molecule has 1 atom stereocenters. The number of terminal acetylenes is 1. The number of aryl methyl sites for hydroxylation is 1. The van der Waals surface area contributed by atoms with E-state index in [1.165, 1.54) is 39.9 Å². The summed E-state index contributed by atoms with van der Waals surface area (Å²) < 4.78 is 0. The second-order valence-electron chi connectivity index (χ2n) is 11.2. The summed E-state index contributed by atoms with van der Waals surface area (Å²) in [7, 11) is 0. The number of nitrogens with zero attached hydrogens (tertiary/aromatic N) is 3. The van der Waals surface area contributed by atoms with Gasteiger partial charge in [0, 0.05) is 74.8 Å². The molecule has 1 heterocycles. The van der Waals surface area contributed by atoms with Gasteiger partial charge in [-0.2, -0.15) is 0 Å². The molecule has 40 heavy (non-hydrogen) atoms. The Labute approximate surface area is 242 Å². The third-order valence-corrected chi connectivity index (χ3v) is 8.12. The van der Waals surface area contributed by atoms with Crippen molar-refractivity contribution < 1.29 is 0 Å². The number of anilines is 1. The monoisotopic (exact) mass is 537 g/mol. The van der Waals surface area contributed by atoms with Crippen molar-refractivity contribution in [1.82, 2.24) is 20.4 Å². The molecular formula is C35H47N5. The van der Waals surface area contributed by atoms with Gasteiger partial charge in [-0.25, -0.2) is 0 Å². The molecule has 2 aromatic rings. The minimum Gasteiger partial charge on any atom is -0.370 e. The number of hydrogen-bond donors (Lipinski definition) is 2. The summed E-state index contributed by atoms with van der Waals surface area (Å²) >= 11 is 0. The van der Waals surface area contributed by atoms with Crippen LogP contribution < -0.4 is 15.5 Å². The average Bonchev–Trinajstić information content (AvgIpc) is 3.40. The number of nitrogens with one attached hydrogen (secondary N) is 2. The first kappa shape index (κ1) is 29.4. The molecule has 0 radical (unpaired) electrons. The van der Waals surface area contributed by atoms with Crippen molar-refractivity contribution in [1.29, 1.82) is 0 Å². The normalized spacial score (nSPS) is 17.1. The van der Waals surface area contributed by atoms with Crippen LogP contribution in [0.4, 0.5) is 5.69 Å². The van der Waals surface area contributed by atoms with Crippen LogP contribution in [0.25, 0.3) is 5.70 Å². The number of hydrogen-bond acceptors (Lipinski definition) is 5. The third-order valence-electron chi connectivity index (χ3n) is 8.12. The van der Waals surface area contributed by atoms with Crippen LogP contribution in [-0.4, -0.2) is 55.6 Å². The van der Waals surface area contributed by atoms with E-state index in [4.69, 9.17) is 6.42 Å². The van der Waals surface area contributed by atoms with E-state index in [0.717, 1.165) is 70.2 Å². The van der Waals surface area contributed by atoms with Gasteiger partial charge in [0.2, 0.25) is 0 Å². The summed E-state index contributed by atoms with van der Waals surface area (Å²) in [5, 5.41) is 6.44. The maximum atomic E-state index is 5.50. The molecule has 0 spiro atoms. The topological polar surface area (TPSA) is 33.8 Å². The van der Waals surface area contributed by atoms with Crippen LogP contribution in [0.15, 0.2) is 72.6 Å². The van der Waals surface area contributed by atoms with Crippen molar-refractivity contribution in [2.45, 2.75) is 53.0 Å². The molecule has 1 saturated heterocycles. The fourth-order valence-electron chi connectivity index (χ4n) is 6.09. The van der Waals surface area contributed by atoms with Gasteiger partial charge < -0.3 is 20.4 Å². The van der Waals surface area contributed by atoms with Gasteiger partial charge in [0.15, 0.2) is 0 Å². The molecule has 1 aliphatic heterocycles. The van der Waals surface area contributed by atoms with Gasteiger partial charge in [0.05, 0.1) is 0 Å². The minimum atomic E-state index is 0.501. The molecule has 1 aliphatic carbocycles. The number of rotatable bonds is 12. The van der Waals surface area contributed by atoms with Crippen molar-refractivity contribution in [3.63, 3.8) is 0 Å². The van der Waals surface area contributed by atoms with Gasteiger partial charge >= 0.3 is 0 Å². The lowest BCUT2D eigenvalue weighted by atomic mass is 9.98. The number of fused-ring (bicyclic) bond motifs is 1. The zero-order chi connectivity index (χ0) is 28.5. The quantitative estimate of drug-likeness (QED) is 0.195. The fraction of sp³-hybridized carbons (Fsp3) is 0.429. The molecule has 0 amide bonds. The number of allylic oxidation sites excluding steroid dienone is 3. The standard InChI is InChI=1S/C35H47N5/c1-7-21-38(22-20-37-35(36-8-2)19-16-27(3)4)29(6)30-13-11-14-32-31(30)17-18-34(32)40-25-23-39(24-26-40)33-15-10-9-12-28(33)5/h2,9-16,19,34,36-37H,6-7,17-18,20-26H2,1,3-5H3/b35-19+. The molecule has 0 aromatic heterocycles. The molecule has 2 aliphatic rings. The van der Waals surface area contributed by atoms with E-state index < -0.39 is 0 Å². The van der Waals surface area contributed by atoms with E-state index in [-0.39, 0.29) is 0 Å². The highest BCUT2D eigenvalue weighted by atomic mass is 15.3. The molecule has 5 heteroatoms. The predicted molar refractivity (Wildman–Crippen MR) is 171 cm³/mol. The summed E-state index contributed by atoms with van der Waals surface area (Å²) in [5.74, 6) is 0.844. The molecule has 0 bridgehead atoms. The highest BCUT2D eigenvalue weighted by Crippen LogP contribution is 2.40. The van der Waals surface area contributed by atoms with E-state index in [1.807, 2.05) is 6.08 Å². The van der Waals surface area contributed by atoms with Crippen LogP contribution in [0.1, 0.15) is 61.9 Å². The lowest BCUT2D eigenvalue weighted by Gasteiger charge is -2.40. The van der Waals surface area contributed by atoms with Crippen LogP contribution in [0.5, 0.6) is 0 Å². The van der Waals surface area contributed by atoms with Gasteiger partial charge in [-0.15, -0.1) is 0 Å². The molecule has 2 aromatic carbocycles. The zero-order valence-electron chi connectivity index (χ0n) is 25.0. The van der Waals surface area contributed by atoms with E-state index in [9.17, 15) is 0 Å². The maximum absolute atomic E-state index is 5.50. The van der Waals surface area contributed by atoms with Crippen molar-refractivity contribution in [3.8, 4) is 12.5 Å². The Morgan fingerprint density at radius 1 is 1.07 bits per heavy atom. The largest absolute Gasteiger partial charge is 0.370 e. The van der Waals surface area contributed by atoms with Gasteiger partial charge in [0.1, 0.15) is 5.82 Å². The molecular weight excluding hydrogens is 490 g/mol. The van der Waals surface area contributed by atoms with Crippen LogP contribution in [0, 0.1) is 19.4 Å². The number of piperazine rings is 1. The second kappa shape index (κ2) is 14.1. The lowest BCUT2D eigenvalue weighted by molar-refractivity contribution is 0.185. The molecule has 1 fully saturated rings. The molecule has 5 nitrogen and oxygen atoms in total. The Kier molecular flexibility index (Phi) is 10.4. The summed E-state index contributed by atoms with van der Waals surface area (Å²) in [6.07, 6.45) is 12.9. The second-order valence-corrected chi connectivity index (χ2v) is 11.2. The van der Waals surface area contributed by atoms with E-state index in [1.54, 1.807) is 0 Å². The SMILES string of the molecule is C#CN/C(=C\C=C(C)C)NCCN(CCC)C(=C)c1cccc2c1CCC2N1CCN(c2ccccc2C)CC1. The summed E-state index contributed by atoms with van der Waals surface area (Å²) in [4.78, 5) is 7.68. The van der Waals surface area contributed by atoms with E-state index in [0.29, 0.717) is 6.04 Å². The molecule has 212 valence electrons. The third kappa shape index (κ3) is 7.11. The van der Waals surface area contributed by atoms with Gasteiger partial charge in [-0.1, -0.05) is 68.0 Å². The van der Waals surface area contributed by atoms with E-state index in [2.05, 4.69) is 114 Å². The highest BCUT2D eigenvalue weighted by Gasteiger charge is 2.32. The zero-order valence-corrected chi connectivity index (χ0v) is 25.0. The number of benzene rings is 2. The summed E-state index contributed by atoms with van der Waals surface area (Å²) in [6, 6.07) is 18.7. The summed E-state index contributed by atoms with van der Waals surface area (Å²) in [5.41, 5.74) is 9.41. The van der Waals surface area contributed by atoms with Gasteiger partial charge in [-0.3, -0.25) is 4.90 Å². The van der Waals surface area contributed by atoms with Gasteiger partial charge in [0.25, 0.3) is 0 Å². The first-order chi connectivity index (χ1) is 19.4.